The molecule has 1 N–H and O–H groups in total. The smallest absolute Gasteiger partial charge is 0.267 e. The molecule has 1 amide bonds. The summed E-state index contributed by atoms with van der Waals surface area (Å²) in [7, 11) is 0. The number of benzene rings is 2. The SMILES string of the molecule is CC[C@@H](Oc1cccc(C)c1C)C(=O)Nc1nnc(-c2ccc(C)cc2)s1. The molecule has 3 rings (SSSR count). The Hall–Kier alpha value is -2.73. The summed E-state index contributed by atoms with van der Waals surface area (Å²) in [6.45, 7) is 7.98. The Morgan fingerprint density at radius 1 is 1.11 bits per heavy atom. The molecule has 0 saturated heterocycles. The highest BCUT2D eigenvalue weighted by atomic mass is 32.1. The lowest BCUT2D eigenvalue weighted by atomic mass is 10.1. The molecule has 0 unspecified atom stereocenters. The molecule has 5 nitrogen and oxygen atoms in total. The van der Waals surface area contributed by atoms with E-state index in [0.29, 0.717) is 11.6 Å². The van der Waals surface area contributed by atoms with E-state index in [1.54, 1.807) is 0 Å². The van der Waals surface area contributed by atoms with Gasteiger partial charge < -0.3 is 4.74 Å². The van der Waals surface area contributed by atoms with Gasteiger partial charge >= 0.3 is 0 Å². The van der Waals surface area contributed by atoms with Crippen LogP contribution >= 0.6 is 11.3 Å². The molecule has 0 aliphatic rings. The van der Waals surface area contributed by atoms with E-state index in [2.05, 4.69) is 15.5 Å². The molecule has 0 saturated carbocycles. The normalized spacial score (nSPS) is 11.9. The molecule has 0 aliphatic carbocycles. The summed E-state index contributed by atoms with van der Waals surface area (Å²) in [6, 6.07) is 13.9. The van der Waals surface area contributed by atoms with Crippen LogP contribution in [0.15, 0.2) is 42.5 Å². The third-order valence-corrected chi connectivity index (χ3v) is 5.33. The van der Waals surface area contributed by atoms with Crippen LogP contribution < -0.4 is 10.1 Å². The molecular weight excluding hydrogens is 358 g/mol. The van der Waals surface area contributed by atoms with Crippen LogP contribution in [-0.4, -0.2) is 22.2 Å². The second kappa shape index (κ2) is 8.31. The van der Waals surface area contributed by atoms with E-state index >= 15 is 0 Å². The van der Waals surface area contributed by atoms with E-state index in [4.69, 9.17) is 4.74 Å². The summed E-state index contributed by atoms with van der Waals surface area (Å²) in [5.74, 6) is 0.514. The molecule has 0 radical (unpaired) electrons. The number of hydrogen-bond acceptors (Lipinski definition) is 5. The lowest BCUT2D eigenvalue weighted by Gasteiger charge is -2.18. The fraction of sp³-hybridized carbons (Fsp3) is 0.286. The van der Waals surface area contributed by atoms with Crippen LogP contribution in [0.5, 0.6) is 5.75 Å². The van der Waals surface area contributed by atoms with Gasteiger partial charge in [-0.05, 0) is 44.4 Å². The maximum Gasteiger partial charge on any atom is 0.267 e. The number of amides is 1. The van der Waals surface area contributed by atoms with E-state index in [0.717, 1.165) is 27.4 Å². The standard InChI is InChI=1S/C21H23N3O2S/c1-5-17(26-18-8-6-7-14(3)15(18)4)19(25)22-21-24-23-20(27-21)16-11-9-13(2)10-12-16/h6-12,17H,5H2,1-4H3,(H,22,24,25)/t17-/m1/s1. The molecule has 140 valence electrons. The van der Waals surface area contributed by atoms with Gasteiger partial charge in [0.25, 0.3) is 5.91 Å². The van der Waals surface area contributed by atoms with Crippen molar-refractivity contribution in [2.24, 2.45) is 0 Å². The van der Waals surface area contributed by atoms with Gasteiger partial charge in [0.1, 0.15) is 10.8 Å². The van der Waals surface area contributed by atoms with Gasteiger partial charge in [-0.25, -0.2) is 0 Å². The van der Waals surface area contributed by atoms with Gasteiger partial charge in [0.15, 0.2) is 6.10 Å². The number of nitrogens with zero attached hydrogens (tertiary/aromatic N) is 2. The number of aromatic nitrogens is 2. The van der Waals surface area contributed by atoms with E-state index in [1.807, 2.05) is 70.2 Å². The first-order valence-electron chi connectivity index (χ1n) is 8.92. The average Bonchev–Trinajstić information content (AvgIpc) is 3.12. The Kier molecular flexibility index (Phi) is 5.86. The number of aryl methyl sites for hydroxylation is 2. The minimum absolute atomic E-state index is 0.218. The number of carbonyl (C=O) groups excluding carboxylic acids is 1. The molecule has 0 bridgehead atoms. The van der Waals surface area contributed by atoms with Crippen LogP contribution in [0, 0.1) is 20.8 Å². The highest BCUT2D eigenvalue weighted by Crippen LogP contribution is 2.27. The van der Waals surface area contributed by atoms with Crippen LogP contribution in [0.3, 0.4) is 0 Å². The van der Waals surface area contributed by atoms with Gasteiger partial charge in [-0.15, -0.1) is 10.2 Å². The van der Waals surface area contributed by atoms with Crippen molar-refractivity contribution >= 4 is 22.4 Å². The fourth-order valence-electron chi connectivity index (χ4n) is 2.60. The minimum Gasteiger partial charge on any atom is -0.480 e. The Bertz CT molecular complexity index is 935. The molecule has 1 heterocycles. The van der Waals surface area contributed by atoms with Crippen molar-refractivity contribution in [1.29, 1.82) is 0 Å². The summed E-state index contributed by atoms with van der Waals surface area (Å²) in [5, 5.41) is 12.3. The van der Waals surface area contributed by atoms with Crippen LogP contribution in [0.2, 0.25) is 0 Å². The second-order valence-corrected chi connectivity index (χ2v) is 7.46. The van der Waals surface area contributed by atoms with Gasteiger partial charge in [0, 0.05) is 5.56 Å². The maximum absolute atomic E-state index is 12.6. The number of ether oxygens (including phenoxy) is 1. The van der Waals surface area contributed by atoms with E-state index in [9.17, 15) is 4.79 Å². The summed E-state index contributed by atoms with van der Waals surface area (Å²) < 4.78 is 5.96. The monoisotopic (exact) mass is 381 g/mol. The predicted octanol–water partition coefficient (Wildman–Crippen LogP) is 4.93. The zero-order valence-corrected chi connectivity index (χ0v) is 16.8. The fourth-order valence-corrected chi connectivity index (χ4v) is 3.35. The third kappa shape index (κ3) is 4.52. The van der Waals surface area contributed by atoms with Crippen molar-refractivity contribution in [2.45, 2.75) is 40.2 Å². The Morgan fingerprint density at radius 3 is 2.56 bits per heavy atom. The largest absolute Gasteiger partial charge is 0.480 e. The first-order valence-corrected chi connectivity index (χ1v) is 9.74. The Morgan fingerprint density at radius 2 is 1.85 bits per heavy atom. The minimum atomic E-state index is -0.586. The molecule has 2 aromatic carbocycles. The summed E-state index contributed by atoms with van der Waals surface area (Å²) >= 11 is 1.35. The Balaban J connectivity index is 1.70. The van der Waals surface area contributed by atoms with E-state index in [-0.39, 0.29) is 5.91 Å². The summed E-state index contributed by atoms with van der Waals surface area (Å²) in [5.41, 5.74) is 4.35. The number of anilines is 1. The zero-order valence-electron chi connectivity index (χ0n) is 15.9. The van der Waals surface area contributed by atoms with Crippen molar-refractivity contribution < 1.29 is 9.53 Å². The summed E-state index contributed by atoms with van der Waals surface area (Å²) in [6.07, 6.45) is -0.0275. The number of rotatable bonds is 6. The zero-order chi connectivity index (χ0) is 19.4. The van der Waals surface area contributed by atoms with Gasteiger partial charge in [0.2, 0.25) is 5.13 Å². The molecule has 6 heteroatoms. The molecular formula is C21H23N3O2S. The Labute approximate surface area is 163 Å². The van der Waals surface area contributed by atoms with Crippen molar-refractivity contribution in [3.8, 4) is 16.3 Å². The van der Waals surface area contributed by atoms with Crippen LogP contribution in [0.25, 0.3) is 10.6 Å². The number of nitrogens with one attached hydrogen (secondary N) is 1. The topological polar surface area (TPSA) is 64.1 Å². The molecule has 3 aromatic rings. The van der Waals surface area contributed by atoms with E-state index in [1.165, 1.54) is 16.9 Å². The first-order chi connectivity index (χ1) is 13.0. The predicted molar refractivity (Wildman–Crippen MR) is 109 cm³/mol. The molecule has 0 fully saturated rings. The molecule has 1 atom stereocenters. The highest BCUT2D eigenvalue weighted by Gasteiger charge is 2.21. The lowest BCUT2D eigenvalue weighted by molar-refractivity contribution is -0.122. The second-order valence-electron chi connectivity index (χ2n) is 6.48. The first kappa shape index (κ1) is 19.0. The van der Waals surface area contributed by atoms with Crippen molar-refractivity contribution in [1.82, 2.24) is 10.2 Å². The number of hydrogen-bond donors (Lipinski definition) is 1. The van der Waals surface area contributed by atoms with Gasteiger partial charge in [-0.3, -0.25) is 10.1 Å². The molecule has 0 spiro atoms. The van der Waals surface area contributed by atoms with Crippen molar-refractivity contribution in [2.75, 3.05) is 5.32 Å². The van der Waals surface area contributed by atoms with Crippen LogP contribution in [-0.2, 0) is 4.79 Å². The molecule has 27 heavy (non-hydrogen) atoms. The average molecular weight is 382 g/mol. The van der Waals surface area contributed by atoms with Gasteiger partial charge in [0.05, 0.1) is 0 Å². The molecule has 0 aliphatic heterocycles. The summed E-state index contributed by atoms with van der Waals surface area (Å²) in [4.78, 5) is 12.6. The highest BCUT2D eigenvalue weighted by molar-refractivity contribution is 7.18. The van der Waals surface area contributed by atoms with Crippen LogP contribution in [0.1, 0.15) is 30.0 Å². The van der Waals surface area contributed by atoms with Crippen molar-refractivity contribution in [3.63, 3.8) is 0 Å². The number of carbonyl (C=O) groups is 1. The van der Waals surface area contributed by atoms with E-state index < -0.39 is 6.10 Å². The lowest BCUT2D eigenvalue weighted by Crippen LogP contribution is -2.32. The van der Waals surface area contributed by atoms with Gasteiger partial charge in [-0.2, -0.15) is 0 Å². The van der Waals surface area contributed by atoms with Gasteiger partial charge in [-0.1, -0.05) is 60.2 Å². The quantitative estimate of drug-likeness (QED) is 0.658. The molecule has 1 aromatic heterocycles. The maximum atomic E-state index is 12.6. The van der Waals surface area contributed by atoms with Crippen LogP contribution in [0.4, 0.5) is 5.13 Å². The third-order valence-electron chi connectivity index (χ3n) is 4.44. The van der Waals surface area contributed by atoms with Crippen molar-refractivity contribution in [3.05, 3.63) is 59.2 Å².